The van der Waals surface area contributed by atoms with Crippen molar-refractivity contribution >= 4 is 39.3 Å². The highest BCUT2D eigenvalue weighted by Crippen LogP contribution is 2.31. The summed E-state index contributed by atoms with van der Waals surface area (Å²) in [6.45, 7) is 1.66. The number of hydrogen-bond acceptors (Lipinski definition) is 6. The number of aromatic nitrogens is 2. The minimum atomic E-state index is -0.555. The number of fused-ring (bicyclic) bond motifs is 3. The third-order valence-electron chi connectivity index (χ3n) is 6.01. The fourth-order valence-corrected chi connectivity index (χ4v) is 4.20. The molecule has 2 aromatic heterocycles. The van der Waals surface area contributed by atoms with Gasteiger partial charge in [-0.15, -0.1) is 0 Å². The Balaban J connectivity index is 1.71. The molecule has 0 fully saturated rings. The minimum Gasteiger partial charge on any atom is -0.453 e. The number of methoxy groups -OCH3 is 1. The largest absolute Gasteiger partial charge is 0.453 e. The molecule has 1 N–H and O–H groups in total. The van der Waals surface area contributed by atoms with Gasteiger partial charge in [0.2, 0.25) is 0 Å². The topological polar surface area (TPSA) is 116 Å². The summed E-state index contributed by atoms with van der Waals surface area (Å²) in [4.78, 5) is 40.2. The highest BCUT2D eigenvalue weighted by molar-refractivity contribution is 6.05. The molecule has 3 aromatic carbocycles. The van der Waals surface area contributed by atoms with Crippen LogP contribution in [0.4, 0.5) is 16.2 Å². The van der Waals surface area contributed by atoms with E-state index in [9.17, 15) is 19.7 Å². The first kappa shape index (κ1) is 22.7. The Morgan fingerprint density at radius 1 is 1.00 bits per heavy atom. The SMILES string of the molecule is COC(=O)Nc1ccc(-c2ccc3ncc4ccc(=O)n(-c5ccc(C)c([N+](=O)[O-])c5)c4c3c2)cc1. The Morgan fingerprint density at radius 3 is 2.47 bits per heavy atom. The van der Waals surface area contributed by atoms with Crippen molar-refractivity contribution < 1.29 is 14.5 Å². The molecular weight excluding hydrogens is 460 g/mol. The molecule has 0 saturated carbocycles. The van der Waals surface area contributed by atoms with Crippen LogP contribution >= 0.6 is 0 Å². The van der Waals surface area contributed by atoms with Crippen LogP contribution in [0.2, 0.25) is 0 Å². The summed E-state index contributed by atoms with van der Waals surface area (Å²) < 4.78 is 6.11. The second-order valence-corrected chi connectivity index (χ2v) is 8.22. The zero-order valence-corrected chi connectivity index (χ0v) is 19.4. The zero-order valence-electron chi connectivity index (χ0n) is 19.4. The van der Waals surface area contributed by atoms with E-state index in [0.29, 0.717) is 28.0 Å². The standard InChI is InChI=1S/C27H20N4O5/c1-16-3-10-21(14-24(16)31(34)35)30-25(32)12-7-19-15-28-23-11-6-18(13-22(23)26(19)30)17-4-8-20(9-5-17)29-27(33)36-2/h3-15H,1-2H3,(H,29,33). The lowest BCUT2D eigenvalue weighted by molar-refractivity contribution is -0.385. The van der Waals surface area contributed by atoms with Gasteiger partial charge in [0.15, 0.2) is 0 Å². The maximum atomic E-state index is 13.1. The summed E-state index contributed by atoms with van der Waals surface area (Å²) in [5.74, 6) is 0. The lowest BCUT2D eigenvalue weighted by Crippen LogP contribution is -2.18. The van der Waals surface area contributed by atoms with Gasteiger partial charge in [-0.2, -0.15) is 0 Å². The Labute approximate surface area is 204 Å². The molecule has 0 aliphatic carbocycles. The number of nitro groups is 1. The van der Waals surface area contributed by atoms with E-state index in [1.165, 1.54) is 23.8 Å². The zero-order chi connectivity index (χ0) is 25.4. The van der Waals surface area contributed by atoms with Gasteiger partial charge in [0.1, 0.15) is 0 Å². The number of pyridine rings is 2. The van der Waals surface area contributed by atoms with E-state index >= 15 is 0 Å². The van der Waals surface area contributed by atoms with Gasteiger partial charge in [0.05, 0.1) is 28.8 Å². The van der Waals surface area contributed by atoms with Crippen molar-refractivity contribution in [3.8, 4) is 16.8 Å². The molecule has 0 radical (unpaired) electrons. The number of amides is 1. The molecule has 5 aromatic rings. The summed E-state index contributed by atoms with van der Waals surface area (Å²) >= 11 is 0. The molecule has 9 heteroatoms. The predicted octanol–water partition coefficient (Wildman–Crippen LogP) is 5.60. The van der Waals surface area contributed by atoms with E-state index in [1.807, 2.05) is 30.3 Å². The number of carbonyl (C=O) groups is 1. The normalized spacial score (nSPS) is 10.9. The van der Waals surface area contributed by atoms with E-state index in [-0.39, 0.29) is 11.2 Å². The van der Waals surface area contributed by atoms with Crippen molar-refractivity contribution in [2.24, 2.45) is 0 Å². The maximum Gasteiger partial charge on any atom is 0.411 e. The van der Waals surface area contributed by atoms with Crippen molar-refractivity contribution in [3.05, 3.63) is 105 Å². The summed E-state index contributed by atoms with van der Waals surface area (Å²) in [5, 5.41) is 15.6. The number of nitro benzene ring substituents is 1. The van der Waals surface area contributed by atoms with Gasteiger partial charge in [-0.25, -0.2) is 4.79 Å². The molecule has 0 saturated heterocycles. The van der Waals surface area contributed by atoms with Crippen LogP contribution in [0.25, 0.3) is 38.6 Å². The van der Waals surface area contributed by atoms with Crippen molar-refractivity contribution in [1.82, 2.24) is 9.55 Å². The van der Waals surface area contributed by atoms with E-state index < -0.39 is 11.0 Å². The number of rotatable bonds is 4. The molecule has 0 atom stereocenters. The minimum absolute atomic E-state index is 0.0592. The van der Waals surface area contributed by atoms with Gasteiger partial charge in [-0.1, -0.05) is 24.3 Å². The summed E-state index contributed by atoms with van der Waals surface area (Å²) in [5.41, 5.74) is 4.18. The molecule has 0 unspecified atom stereocenters. The fraction of sp³-hybridized carbons (Fsp3) is 0.0741. The van der Waals surface area contributed by atoms with Crippen LogP contribution in [-0.4, -0.2) is 27.7 Å². The van der Waals surface area contributed by atoms with Crippen LogP contribution in [0, 0.1) is 17.0 Å². The smallest absolute Gasteiger partial charge is 0.411 e. The number of nitrogens with zero attached hydrogens (tertiary/aromatic N) is 3. The Kier molecular flexibility index (Phi) is 5.65. The second-order valence-electron chi connectivity index (χ2n) is 8.22. The summed E-state index contributed by atoms with van der Waals surface area (Å²) in [6, 6.07) is 20.9. The number of nitrogens with one attached hydrogen (secondary N) is 1. The Hall–Kier alpha value is -5.05. The number of anilines is 1. The third-order valence-corrected chi connectivity index (χ3v) is 6.01. The first-order valence-corrected chi connectivity index (χ1v) is 11.0. The quantitative estimate of drug-likeness (QED) is 0.203. The molecule has 0 aliphatic rings. The number of hydrogen-bond donors (Lipinski definition) is 1. The van der Waals surface area contributed by atoms with Crippen molar-refractivity contribution in [1.29, 1.82) is 0 Å². The lowest BCUT2D eigenvalue weighted by atomic mass is 10.0. The predicted molar refractivity (Wildman–Crippen MR) is 138 cm³/mol. The van der Waals surface area contributed by atoms with Gasteiger partial charge < -0.3 is 4.74 Å². The van der Waals surface area contributed by atoms with Crippen molar-refractivity contribution in [2.75, 3.05) is 12.4 Å². The molecular formula is C27H20N4O5. The number of ether oxygens (including phenoxy) is 1. The average molecular weight is 480 g/mol. The number of aryl methyl sites for hydroxylation is 1. The molecule has 0 bridgehead atoms. The van der Waals surface area contributed by atoms with Gasteiger partial charge in [-0.3, -0.25) is 29.8 Å². The molecule has 36 heavy (non-hydrogen) atoms. The lowest BCUT2D eigenvalue weighted by Gasteiger charge is -2.14. The van der Waals surface area contributed by atoms with Crippen LogP contribution in [0.3, 0.4) is 0 Å². The molecule has 1 amide bonds. The highest BCUT2D eigenvalue weighted by Gasteiger charge is 2.16. The van der Waals surface area contributed by atoms with Crippen LogP contribution in [0.1, 0.15) is 5.56 Å². The van der Waals surface area contributed by atoms with E-state index in [0.717, 1.165) is 21.9 Å². The molecule has 2 heterocycles. The van der Waals surface area contributed by atoms with E-state index in [2.05, 4.69) is 15.0 Å². The van der Waals surface area contributed by atoms with Crippen LogP contribution < -0.4 is 10.9 Å². The first-order chi connectivity index (χ1) is 17.4. The maximum absolute atomic E-state index is 13.1. The van der Waals surface area contributed by atoms with E-state index in [4.69, 9.17) is 0 Å². The van der Waals surface area contributed by atoms with Crippen LogP contribution in [0.15, 0.2) is 83.8 Å². The number of benzene rings is 3. The molecule has 9 nitrogen and oxygen atoms in total. The molecule has 178 valence electrons. The van der Waals surface area contributed by atoms with Crippen LogP contribution in [-0.2, 0) is 4.74 Å². The van der Waals surface area contributed by atoms with Gasteiger partial charge in [0, 0.05) is 40.4 Å². The fourth-order valence-electron chi connectivity index (χ4n) is 4.20. The Morgan fingerprint density at radius 2 is 1.75 bits per heavy atom. The second kappa shape index (κ2) is 8.95. The van der Waals surface area contributed by atoms with Crippen molar-refractivity contribution in [2.45, 2.75) is 6.92 Å². The molecule has 0 aliphatic heterocycles. The first-order valence-electron chi connectivity index (χ1n) is 11.0. The van der Waals surface area contributed by atoms with Gasteiger partial charge in [-0.05, 0) is 54.4 Å². The van der Waals surface area contributed by atoms with Crippen molar-refractivity contribution in [3.63, 3.8) is 0 Å². The number of carbonyl (C=O) groups excluding carboxylic acids is 1. The Bertz CT molecular complexity index is 1730. The van der Waals surface area contributed by atoms with Crippen LogP contribution in [0.5, 0.6) is 0 Å². The van der Waals surface area contributed by atoms with E-state index in [1.54, 1.807) is 43.5 Å². The summed E-state index contributed by atoms with van der Waals surface area (Å²) in [7, 11) is 1.30. The average Bonchev–Trinajstić information content (AvgIpc) is 2.89. The molecule has 0 spiro atoms. The molecule has 5 rings (SSSR count). The highest BCUT2D eigenvalue weighted by atomic mass is 16.6. The van der Waals surface area contributed by atoms with Gasteiger partial charge in [0.25, 0.3) is 11.2 Å². The summed E-state index contributed by atoms with van der Waals surface area (Å²) in [6.07, 6.45) is 1.13. The van der Waals surface area contributed by atoms with Gasteiger partial charge >= 0.3 is 6.09 Å². The monoisotopic (exact) mass is 480 g/mol. The third kappa shape index (κ3) is 4.03.